The average molecular weight is 339 g/mol. The number of aryl methyl sites for hydroxylation is 1. The maximum absolute atomic E-state index is 12.3. The molecule has 1 aromatic carbocycles. The van der Waals surface area contributed by atoms with Gasteiger partial charge in [-0.15, -0.1) is 5.10 Å². The Morgan fingerprint density at radius 2 is 2.04 bits per heavy atom. The van der Waals surface area contributed by atoms with Gasteiger partial charge >= 0.3 is 6.03 Å². The van der Waals surface area contributed by atoms with Crippen LogP contribution in [0.4, 0.5) is 4.79 Å². The van der Waals surface area contributed by atoms with Crippen LogP contribution in [-0.2, 0) is 6.54 Å². The number of nitrogens with one attached hydrogen (secondary N) is 1. The predicted molar refractivity (Wildman–Crippen MR) is 93.2 cm³/mol. The highest BCUT2D eigenvalue weighted by molar-refractivity contribution is 5.74. The lowest BCUT2D eigenvalue weighted by Gasteiger charge is -2.19. The molecule has 2 amide bonds. The minimum atomic E-state index is -0.259. The van der Waals surface area contributed by atoms with E-state index in [0.717, 1.165) is 17.2 Å². The van der Waals surface area contributed by atoms with Crippen LogP contribution in [0.2, 0.25) is 0 Å². The van der Waals surface area contributed by atoms with Crippen LogP contribution in [-0.4, -0.2) is 33.0 Å². The van der Waals surface area contributed by atoms with Crippen LogP contribution >= 0.6 is 0 Å². The number of carbonyl (C=O) groups is 1. The van der Waals surface area contributed by atoms with Crippen LogP contribution in [0.25, 0.3) is 5.69 Å². The summed E-state index contributed by atoms with van der Waals surface area (Å²) < 4.78 is 7.19. The van der Waals surface area contributed by atoms with Gasteiger partial charge in [-0.3, -0.25) is 0 Å². The molecule has 3 aromatic rings. The van der Waals surface area contributed by atoms with Gasteiger partial charge in [0, 0.05) is 7.05 Å². The molecular weight excluding hydrogens is 318 g/mol. The van der Waals surface area contributed by atoms with Crippen molar-refractivity contribution in [3.63, 3.8) is 0 Å². The molecule has 0 spiro atoms. The lowest BCUT2D eigenvalue weighted by molar-refractivity contribution is 0.199. The zero-order chi connectivity index (χ0) is 17.8. The number of benzene rings is 1. The minimum Gasteiger partial charge on any atom is -0.464 e. The van der Waals surface area contributed by atoms with Crippen molar-refractivity contribution in [1.82, 2.24) is 25.2 Å². The fraction of sp³-hybridized carbons (Fsp3) is 0.278. The monoisotopic (exact) mass is 339 g/mol. The van der Waals surface area contributed by atoms with Gasteiger partial charge in [-0.2, -0.15) is 0 Å². The molecule has 7 heteroatoms. The lowest BCUT2D eigenvalue weighted by atomic mass is 10.2. The Morgan fingerprint density at radius 1 is 1.28 bits per heavy atom. The molecule has 0 radical (unpaired) electrons. The first kappa shape index (κ1) is 16.8. The number of nitrogens with zero attached hydrogens (tertiary/aromatic N) is 4. The number of amides is 2. The molecule has 2 heterocycles. The summed E-state index contributed by atoms with van der Waals surface area (Å²) in [6.07, 6.45) is 1.82. The van der Waals surface area contributed by atoms with Gasteiger partial charge in [0.15, 0.2) is 0 Å². The van der Waals surface area contributed by atoms with Gasteiger partial charge in [0.05, 0.1) is 24.5 Å². The van der Waals surface area contributed by atoms with Crippen LogP contribution < -0.4 is 5.32 Å². The van der Waals surface area contributed by atoms with Gasteiger partial charge in [0.2, 0.25) is 0 Å². The van der Waals surface area contributed by atoms with E-state index in [2.05, 4.69) is 15.6 Å². The Kier molecular flexibility index (Phi) is 4.83. The second-order valence-corrected chi connectivity index (χ2v) is 5.96. The van der Waals surface area contributed by atoms with Crippen molar-refractivity contribution in [2.45, 2.75) is 26.4 Å². The molecule has 0 aliphatic heterocycles. The number of hydrogen-bond donors (Lipinski definition) is 1. The topological polar surface area (TPSA) is 76.2 Å². The van der Waals surface area contributed by atoms with E-state index >= 15 is 0 Å². The van der Waals surface area contributed by atoms with E-state index < -0.39 is 0 Å². The summed E-state index contributed by atoms with van der Waals surface area (Å²) in [4.78, 5) is 13.9. The first-order valence-electron chi connectivity index (χ1n) is 8.07. The van der Waals surface area contributed by atoms with Crippen molar-refractivity contribution >= 4 is 6.03 Å². The molecule has 7 nitrogen and oxygen atoms in total. The molecule has 25 heavy (non-hydrogen) atoms. The molecule has 0 aliphatic rings. The summed E-state index contributed by atoms with van der Waals surface area (Å²) in [5.74, 6) is 1.58. The minimum absolute atomic E-state index is 0.198. The molecule has 2 aromatic heterocycles. The number of furan rings is 1. The number of hydrogen-bond acceptors (Lipinski definition) is 4. The predicted octanol–water partition coefficient (Wildman–Crippen LogP) is 3.07. The van der Waals surface area contributed by atoms with E-state index in [9.17, 15) is 4.79 Å². The molecule has 0 fully saturated rings. The zero-order valence-corrected chi connectivity index (χ0v) is 14.5. The smallest absolute Gasteiger partial charge is 0.318 e. The molecule has 3 rings (SSSR count). The molecule has 0 bridgehead atoms. The van der Waals surface area contributed by atoms with Crippen LogP contribution in [0.1, 0.15) is 30.2 Å². The van der Waals surface area contributed by atoms with Gasteiger partial charge in [0.1, 0.15) is 17.2 Å². The third-order valence-corrected chi connectivity index (χ3v) is 3.85. The van der Waals surface area contributed by atoms with Crippen LogP contribution in [0.5, 0.6) is 0 Å². The highest BCUT2D eigenvalue weighted by Crippen LogP contribution is 2.13. The Morgan fingerprint density at radius 3 is 2.72 bits per heavy atom. The summed E-state index contributed by atoms with van der Waals surface area (Å²) in [5, 5.41) is 11.2. The second kappa shape index (κ2) is 7.21. The number of para-hydroxylation sites is 1. The highest BCUT2D eigenvalue weighted by Gasteiger charge is 2.17. The third kappa shape index (κ3) is 4.06. The number of aromatic nitrogens is 3. The maximum Gasteiger partial charge on any atom is 0.318 e. The zero-order valence-electron chi connectivity index (χ0n) is 14.5. The molecule has 0 aliphatic carbocycles. The van der Waals surface area contributed by atoms with E-state index in [-0.39, 0.29) is 12.1 Å². The van der Waals surface area contributed by atoms with Crippen molar-refractivity contribution in [1.29, 1.82) is 0 Å². The first-order chi connectivity index (χ1) is 12.0. The van der Waals surface area contributed by atoms with Gasteiger partial charge < -0.3 is 14.6 Å². The van der Waals surface area contributed by atoms with Gasteiger partial charge in [0.25, 0.3) is 0 Å². The summed E-state index contributed by atoms with van der Waals surface area (Å²) in [5.41, 5.74) is 1.62. The molecule has 1 unspecified atom stereocenters. The summed E-state index contributed by atoms with van der Waals surface area (Å²) >= 11 is 0. The first-order valence-corrected chi connectivity index (χ1v) is 8.07. The Hall–Kier alpha value is -3.09. The number of carbonyl (C=O) groups excluding carboxylic acids is 1. The summed E-state index contributed by atoms with van der Waals surface area (Å²) in [7, 11) is 1.72. The average Bonchev–Trinajstić information content (AvgIpc) is 3.25. The lowest BCUT2D eigenvalue weighted by Crippen LogP contribution is -2.38. The molecule has 1 atom stereocenters. The van der Waals surface area contributed by atoms with E-state index in [4.69, 9.17) is 4.42 Å². The summed E-state index contributed by atoms with van der Waals surface area (Å²) in [6, 6.07) is 13.0. The number of rotatable bonds is 5. The third-order valence-electron chi connectivity index (χ3n) is 3.85. The van der Waals surface area contributed by atoms with Crippen molar-refractivity contribution in [3.8, 4) is 5.69 Å². The van der Waals surface area contributed by atoms with Crippen molar-refractivity contribution in [2.24, 2.45) is 0 Å². The van der Waals surface area contributed by atoms with Crippen molar-refractivity contribution in [3.05, 3.63) is 65.9 Å². The largest absolute Gasteiger partial charge is 0.464 e. The number of urea groups is 1. The maximum atomic E-state index is 12.3. The molecule has 1 N–H and O–H groups in total. The fourth-order valence-electron chi connectivity index (χ4n) is 2.43. The second-order valence-electron chi connectivity index (χ2n) is 5.96. The molecule has 0 saturated heterocycles. The molecule has 130 valence electrons. The van der Waals surface area contributed by atoms with Gasteiger partial charge in [-0.1, -0.05) is 23.4 Å². The quantitative estimate of drug-likeness (QED) is 0.775. The normalized spacial score (nSPS) is 12.0. The van der Waals surface area contributed by atoms with E-state index in [0.29, 0.717) is 12.2 Å². The Labute approximate surface area is 146 Å². The van der Waals surface area contributed by atoms with E-state index in [1.54, 1.807) is 16.6 Å². The summed E-state index contributed by atoms with van der Waals surface area (Å²) in [6.45, 7) is 4.16. The van der Waals surface area contributed by atoms with Gasteiger partial charge in [-0.05, 0) is 38.1 Å². The standard InChI is InChI=1S/C18H21N5O2/c1-13-9-10-16(25-13)11-22(3)18(24)19-14(2)17-12-23(21-20-17)15-7-5-4-6-8-15/h4-10,12,14H,11H2,1-3H3,(H,19,24). The SMILES string of the molecule is Cc1ccc(CN(C)C(=O)NC(C)c2cn(-c3ccccc3)nn2)o1. The molecular formula is C18H21N5O2. The highest BCUT2D eigenvalue weighted by atomic mass is 16.3. The van der Waals surface area contributed by atoms with Crippen LogP contribution in [0, 0.1) is 6.92 Å². The Bertz CT molecular complexity index is 840. The van der Waals surface area contributed by atoms with Crippen molar-refractivity contribution < 1.29 is 9.21 Å². The van der Waals surface area contributed by atoms with Crippen LogP contribution in [0.3, 0.4) is 0 Å². The van der Waals surface area contributed by atoms with E-state index in [1.165, 1.54) is 0 Å². The van der Waals surface area contributed by atoms with Crippen LogP contribution in [0.15, 0.2) is 53.1 Å². The van der Waals surface area contributed by atoms with Gasteiger partial charge in [-0.25, -0.2) is 9.48 Å². The fourth-order valence-corrected chi connectivity index (χ4v) is 2.43. The Balaban J connectivity index is 1.60. The van der Waals surface area contributed by atoms with E-state index in [1.807, 2.05) is 62.5 Å². The van der Waals surface area contributed by atoms with Crippen molar-refractivity contribution in [2.75, 3.05) is 7.05 Å². The molecule has 0 saturated carbocycles.